The molecule has 2 rings (SSSR count). The maximum atomic E-state index is 12.9. The molecule has 72 heavy (non-hydrogen) atoms. The molecule has 1 aromatic heterocycles. The Hall–Kier alpha value is -3.32. The average Bonchev–Trinajstić information content (AvgIpc) is 3.60. The quantitative estimate of drug-likeness (QED) is 0.0117. The Morgan fingerprint density at radius 2 is 1.39 bits per heavy atom. The molecule has 0 saturated carbocycles. The molecule has 0 amide bonds. The number of unbranched alkanes of at least 4 members (excludes halogenated alkanes) is 16. The monoisotopic (exact) mass is 1060 g/mol. The number of esters is 2. The number of anilines is 1. The third-order valence-electron chi connectivity index (χ3n) is 11.7. The van der Waals surface area contributed by atoms with Crippen LogP contribution in [0, 0.1) is 5.92 Å². The van der Waals surface area contributed by atoms with Gasteiger partial charge in [-0.2, -0.15) is 9.29 Å². The topological polar surface area (TPSA) is 286 Å². The summed E-state index contributed by atoms with van der Waals surface area (Å²) in [4.78, 5) is 61.9. The summed E-state index contributed by atoms with van der Waals surface area (Å²) in [5.41, 5.74) is 4.58. The van der Waals surface area contributed by atoms with Gasteiger partial charge in [0, 0.05) is 19.0 Å². The van der Waals surface area contributed by atoms with Crippen LogP contribution in [0.15, 0.2) is 65.7 Å². The van der Waals surface area contributed by atoms with Gasteiger partial charge in [0.1, 0.15) is 30.7 Å². The Balaban J connectivity index is 1.83. The highest BCUT2D eigenvalue weighted by atomic mass is 31.3. The lowest BCUT2D eigenvalue weighted by Crippen LogP contribution is -2.36. The predicted molar refractivity (Wildman–Crippen MR) is 276 cm³/mol. The molecule has 7 N–H and O–H groups in total. The lowest BCUT2D eigenvalue weighted by molar-refractivity contribution is -0.161. The molecule has 0 spiro atoms. The van der Waals surface area contributed by atoms with E-state index in [0.717, 1.165) is 55.2 Å². The number of phosphoric ester groups is 2. The zero-order chi connectivity index (χ0) is 53.0. The number of carbonyl (C=O) groups is 2. The molecule has 2 heterocycles. The molecule has 1 fully saturated rings. The normalized spacial score (nSPS) is 20.0. The fraction of sp³-hybridized carbons (Fsp3) is 0.725. The number of aliphatic hydroxyl groups excluding tert-OH is 3. The number of ether oxygens (including phenoxy) is 3. The van der Waals surface area contributed by atoms with E-state index in [0.29, 0.717) is 32.1 Å². The van der Waals surface area contributed by atoms with E-state index in [9.17, 15) is 48.6 Å². The minimum absolute atomic E-state index is 0.0171. The number of phosphoric acid groups is 2. The van der Waals surface area contributed by atoms with E-state index in [4.69, 9.17) is 29.0 Å². The van der Waals surface area contributed by atoms with Gasteiger partial charge in [-0.25, -0.2) is 13.9 Å². The van der Waals surface area contributed by atoms with Gasteiger partial charge in [0.05, 0.1) is 19.3 Å². The van der Waals surface area contributed by atoms with Crippen LogP contribution in [0.3, 0.4) is 0 Å². The molecule has 1 aromatic rings. The first-order valence-electron chi connectivity index (χ1n) is 26.1. The third kappa shape index (κ3) is 31.4. The first-order valence-corrected chi connectivity index (χ1v) is 29.1. The van der Waals surface area contributed by atoms with E-state index in [1.54, 1.807) is 6.08 Å². The smallest absolute Gasteiger partial charge is 0.462 e. The number of nitrogens with zero attached hydrogens (tertiary/aromatic N) is 2. The molecular weight excluding hydrogens is 973 g/mol. The van der Waals surface area contributed by atoms with Gasteiger partial charge in [0.25, 0.3) is 0 Å². The summed E-state index contributed by atoms with van der Waals surface area (Å²) in [5.74, 6) is -0.630. The Morgan fingerprint density at radius 3 is 2.04 bits per heavy atom. The minimum atomic E-state index is -5.45. The Kier molecular flexibility index (Phi) is 34.4. The second-order valence-electron chi connectivity index (χ2n) is 18.7. The van der Waals surface area contributed by atoms with Crippen molar-refractivity contribution in [3.63, 3.8) is 0 Å². The number of allylic oxidation sites excluding steroid dienone is 6. The van der Waals surface area contributed by atoms with Gasteiger partial charge in [-0.05, 0) is 56.9 Å². The molecule has 21 heteroatoms. The van der Waals surface area contributed by atoms with E-state index in [-0.39, 0.29) is 18.7 Å². The summed E-state index contributed by atoms with van der Waals surface area (Å²) in [7, 11) is -10.9. The highest BCUT2D eigenvalue weighted by Crippen LogP contribution is 2.60. The van der Waals surface area contributed by atoms with Crippen LogP contribution in [0.25, 0.3) is 0 Å². The van der Waals surface area contributed by atoms with Crippen molar-refractivity contribution in [2.24, 2.45) is 5.92 Å². The van der Waals surface area contributed by atoms with Crippen molar-refractivity contribution in [3.8, 4) is 0 Å². The number of hydrogen-bond acceptors (Lipinski definition) is 16. The number of hydrogen-bond donors (Lipinski definition) is 6. The number of aliphatic hydroxyl groups is 3. The van der Waals surface area contributed by atoms with Crippen molar-refractivity contribution in [1.82, 2.24) is 9.55 Å². The van der Waals surface area contributed by atoms with Crippen LogP contribution < -0.4 is 11.4 Å². The summed E-state index contributed by atoms with van der Waals surface area (Å²) < 4.78 is 56.7. The zero-order valence-corrected chi connectivity index (χ0v) is 44.8. The molecule has 2 unspecified atom stereocenters. The van der Waals surface area contributed by atoms with Crippen LogP contribution in [0.1, 0.15) is 181 Å². The Morgan fingerprint density at radius 1 is 0.778 bits per heavy atom. The van der Waals surface area contributed by atoms with Gasteiger partial charge in [-0.3, -0.25) is 23.2 Å². The van der Waals surface area contributed by atoms with E-state index in [1.807, 2.05) is 36.5 Å². The molecule has 0 aromatic carbocycles. The minimum Gasteiger partial charge on any atom is -0.462 e. The van der Waals surface area contributed by atoms with Crippen molar-refractivity contribution in [2.45, 2.75) is 212 Å². The molecule has 1 saturated heterocycles. The predicted octanol–water partition coefficient (Wildman–Crippen LogP) is 9.77. The second-order valence-corrected chi connectivity index (χ2v) is 21.7. The Labute approximate surface area is 427 Å². The number of nitrogen functional groups attached to an aromatic ring is 1. The van der Waals surface area contributed by atoms with Crippen LogP contribution in [-0.4, -0.2) is 96.9 Å². The van der Waals surface area contributed by atoms with Crippen molar-refractivity contribution >= 4 is 33.4 Å². The maximum absolute atomic E-state index is 12.9. The molecule has 1 aliphatic rings. The highest BCUT2D eigenvalue weighted by molar-refractivity contribution is 7.61. The van der Waals surface area contributed by atoms with Crippen LogP contribution in [0.4, 0.5) is 5.82 Å². The second kappa shape index (κ2) is 38.3. The molecule has 0 bridgehead atoms. The van der Waals surface area contributed by atoms with Gasteiger partial charge >= 0.3 is 33.3 Å². The van der Waals surface area contributed by atoms with E-state index >= 15 is 0 Å². The van der Waals surface area contributed by atoms with Crippen molar-refractivity contribution in [3.05, 3.63) is 71.4 Å². The molecule has 8 atom stereocenters. The average molecular weight is 1060 g/mol. The first-order chi connectivity index (χ1) is 34.4. The summed E-state index contributed by atoms with van der Waals surface area (Å²) in [6.45, 7) is 4.31. The van der Waals surface area contributed by atoms with Crippen LogP contribution in [0.5, 0.6) is 0 Å². The SMILES string of the molecule is CCCCC/C=C\C=C/[C@@H](O)C/C=C\C/C=C/CCCC(=O)OC[C@H](COP(=O)(O)OP(=O)(O)OC[C@H]1O[C@@H](n2ccc(N)nc2=O)[C@H](O)[C@@H]1O)OC(=O)CCCCCCCCCCCCCCCC(C)C. The largest absolute Gasteiger partial charge is 0.481 e. The molecular formula is C51H87N3O16P2. The van der Waals surface area contributed by atoms with E-state index < -0.39 is 89.8 Å². The summed E-state index contributed by atoms with van der Waals surface area (Å²) >= 11 is 0. The lowest BCUT2D eigenvalue weighted by atomic mass is 10.0. The van der Waals surface area contributed by atoms with Gasteiger partial charge < -0.3 is 45.1 Å². The van der Waals surface area contributed by atoms with Gasteiger partial charge in [-0.1, -0.05) is 166 Å². The fourth-order valence-electron chi connectivity index (χ4n) is 7.57. The highest BCUT2D eigenvalue weighted by Gasteiger charge is 2.46. The van der Waals surface area contributed by atoms with Gasteiger partial charge in [0.2, 0.25) is 0 Å². The molecule has 412 valence electrons. The summed E-state index contributed by atoms with van der Waals surface area (Å²) in [5, 5.41) is 31.0. The number of rotatable bonds is 42. The van der Waals surface area contributed by atoms with Crippen LogP contribution >= 0.6 is 15.6 Å². The van der Waals surface area contributed by atoms with Crippen molar-refractivity contribution < 1.29 is 71.4 Å². The van der Waals surface area contributed by atoms with Crippen molar-refractivity contribution in [1.29, 1.82) is 0 Å². The summed E-state index contributed by atoms with van der Waals surface area (Å²) in [6, 6.07) is 1.24. The van der Waals surface area contributed by atoms with E-state index in [1.165, 1.54) is 76.7 Å². The molecule has 0 aliphatic carbocycles. The van der Waals surface area contributed by atoms with Crippen molar-refractivity contribution in [2.75, 3.05) is 25.6 Å². The van der Waals surface area contributed by atoms with Crippen LogP contribution in [0.2, 0.25) is 0 Å². The summed E-state index contributed by atoms with van der Waals surface area (Å²) in [6.07, 6.45) is 30.8. The first kappa shape index (κ1) is 64.8. The van der Waals surface area contributed by atoms with Crippen LogP contribution in [-0.2, 0) is 46.3 Å². The zero-order valence-electron chi connectivity index (χ0n) is 43.0. The molecule has 19 nitrogen and oxygen atoms in total. The maximum Gasteiger partial charge on any atom is 0.481 e. The van der Waals surface area contributed by atoms with Gasteiger partial charge in [0.15, 0.2) is 12.3 Å². The number of aromatic nitrogens is 2. The Bertz CT molecular complexity index is 1930. The van der Waals surface area contributed by atoms with E-state index in [2.05, 4.69) is 36.1 Å². The molecule has 0 radical (unpaired) electrons. The molecule has 1 aliphatic heterocycles. The number of nitrogens with two attached hydrogens (primary N) is 1. The van der Waals surface area contributed by atoms with Gasteiger partial charge in [-0.15, -0.1) is 0 Å². The standard InChI is InChI=1S/C51H87N3O16P2/c1-4-5-6-7-16-22-27-32-42(55)33-28-23-18-15-20-24-29-34-46(56)65-38-43(68-47(57)35-30-25-19-14-12-10-8-9-11-13-17-21-26-31-41(2)3)39-66-71(61,62)70-72(63,64)67-40-44-48(58)49(59)50(69-44)54-37-36-45(52)53-51(54)60/h15-16,20,22-23,27-28,32,36-37,41-44,48-50,55,58-59H,4-14,17-19,21,24-26,29-31,33-35,38-40H2,1-3H3,(H,61,62)(H,63,64)(H2,52,53,60)/b20-15+,22-16-,28-23-,32-27-/t42-,43-,44-,48-,49-,50-/m1/s1. The lowest BCUT2D eigenvalue weighted by Gasteiger charge is -2.21. The number of carbonyl (C=O) groups excluding carboxylic acids is 2. The fourth-order valence-corrected chi connectivity index (χ4v) is 9.68. The third-order valence-corrected chi connectivity index (χ3v) is 14.3.